The number of hydrogen-bond acceptors (Lipinski definition) is 0. The van der Waals surface area contributed by atoms with Gasteiger partial charge in [0.05, 0.1) is 0 Å². The molecule has 0 N–H and O–H groups in total. The van der Waals surface area contributed by atoms with Gasteiger partial charge in [-0.1, -0.05) is 48.9 Å². The second-order valence-corrected chi connectivity index (χ2v) is 4.38. The Morgan fingerprint density at radius 1 is 1.21 bits per heavy atom. The summed E-state index contributed by atoms with van der Waals surface area (Å²) in [4.78, 5) is 0. The Morgan fingerprint density at radius 3 is 2.43 bits per heavy atom. The molecule has 0 atom stereocenters. The van der Waals surface area contributed by atoms with E-state index >= 15 is 0 Å². The van der Waals surface area contributed by atoms with E-state index in [0.717, 1.165) is 0 Å². The fourth-order valence-electron chi connectivity index (χ4n) is 2.39. The first-order valence-corrected chi connectivity index (χ1v) is 5.52. The lowest BCUT2D eigenvalue weighted by atomic mass is 9.65. The van der Waals surface area contributed by atoms with E-state index in [9.17, 15) is 0 Å². The van der Waals surface area contributed by atoms with E-state index in [0.29, 0.717) is 5.41 Å². The molecule has 0 nitrogen and oxygen atoms in total. The Morgan fingerprint density at radius 2 is 1.93 bits per heavy atom. The third-order valence-electron chi connectivity index (χ3n) is 3.27. The first-order chi connectivity index (χ1) is 6.85. The van der Waals surface area contributed by atoms with Crippen LogP contribution in [0.25, 0.3) is 0 Å². The van der Waals surface area contributed by atoms with Crippen molar-refractivity contribution in [2.75, 3.05) is 0 Å². The molecule has 0 saturated heterocycles. The first-order valence-electron chi connectivity index (χ1n) is 5.52. The van der Waals surface area contributed by atoms with Crippen molar-refractivity contribution < 1.29 is 0 Å². The molecular weight excluding hydrogens is 168 g/mol. The molecule has 1 aromatic carbocycles. The Hall–Kier alpha value is -1.04. The molecule has 0 amide bonds. The minimum atomic E-state index is 0.496. The molecule has 74 valence electrons. The van der Waals surface area contributed by atoms with Gasteiger partial charge in [-0.15, -0.1) is 0 Å². The topological polar surface area (TPSA) is 0 Å². The average Bonchev–Trinajstić information content (AvgIpc) is 2.16. The third-order valence-corrected chi connectivity index (χ3v) is 3.27. The van der Waals surface area contributed by atoms with Gasteiger partial charge in [-0.05, 0) is 37.2 Å². The number of rotatable bonds is 3. The van der Waals surface area contributed by atoms with E-state index in [4.69, 9.17) is 0 Å². The maximum absolute atomic E-state index is 2.41. The van der Waals surface area contributed by atoms with Gasteiger partial charge in [-0.3, -0.25) is 0 Å². The van der Waals surface area contributed by atoms with Crippen LogP contribution in [-0.2, 0) is 6.42 Å². The van der Waals surface area contributed by atoms with Crippen molar-refractivity contribution in [3.63, 3.8) is 0 Å². The maximum Gasteiger partial charge on any atom is -0.00780 e. The summed E-state index contributed by atoms with van der Waals surface area (Å²) >= 11 is 0. The fraction of sp³-hybridized carbons (Fsp3) is 0.429. The normalized spacial score (nSPS) is 19.5. The van der Waals surface area contributed by atoms with E-state index in [2.05, 4.69) is 49.4 Å². The smallest absolute Gasteiger partial charge is 0.00780 e. The number of benzene rings is 1. The van der Waals surface area contributed by atoms with E-state index < -0.39 is 0 Å². The highest BCUT2D eigenvalue weighted by Crippen LogP contribution is 2.44. The molecule has 0 radical (unpaired) electrons. The lowest BCUT2D eigenvalue weighted by molar-refractivity contribution is 0.203. The van der Waals surface area contributed by atoms with Crippen LogP contribution in [0.15, 0.2) is 42.5 Å². The molecule has 0 heterocycles. The Kier molecular flexibility index (Phi) is 2.72. The number of allylic oxidation sites excluding steroid dienone is 2. The van der Waals surface area contributed by atoms with Crippen molar-refractivity contribution in [3.05, 3.63) is 48.0 Å². The van der Waals surface area contributed by atoms with Crippen LogP contribution >= 0.6 is 0 Å². The Labute approximate surface area is 86.7 Å². The van der Waals surface area contributed by atoms with Crippen molar-refractivity contribution in [2.24, 2.45) is 5.41 Å². The van der Waals surface area contributed by atoms with Gasteiger partial charge in [0.1, 0.15) is 0 Å². The van der Waals surface area contributed by atoms with Crippen LogP contribution in [0.5, 0.6) is 0 Å². The Bertz CT molecular complexity index is 304. The predicted octanol–water partition coefficient (Wildman–Crippen LogP) is 3.98. The molecule has 0 aromatic heterocycles. The van der Waals surface area contributed by atoms with Gasteiger partial charge >= 0.3 is 0 Å². The Balaban J connectivity index is 2.09. The highest BCUT2D eigenvalue weighted by atomic mass is 14.4. The largest absolute Gasteiger partial charge is 0.0911 e. The molecule has 0 spiro atoms. The van der Waals surface area contributed by atoms with Crippen molar-refractivity contribution in [2.45, 2.75) is 32.6 Å². The van der Waals surface area contributed by atoms with Gasteiger partial charge < -0.3 is 0 Å². The van der Waals surface area contributed by atoms with Gasteiger partial charge in [0.25, 0.3) is 0 Å². The van der Waals surface area contributed by atoms with Crippen LogP contribution in [-0.4, -0.2) is 0 Å². The molecule has 1 aromatic rings. The van der Waals surface area contributed by atoms with E-state index in [1.807, 2.05) is 0 Å². The second kappa shape index (κ2) is 4.00. The molecule has 1 fully saturated rings. The zero-order valence-corrected chi connectivity index (χ0v) is 8.87. The summed E-state index contributed by atoms with van der Waals surface area (Å²) in [6.07, 6.45) is 9.97. The van der Waals surface area contributed by atoms with Crippen molar-refractivity contribution in [1.29, 1.82) is 0 Å². The summed E-state index contributed by atoms with van der Waals surface area (Å²) in [6, 6.07) is 10.8. The van der Waals surface area contributed by atoms with E-state index in [1.54, 1.807) is 0 Å². The molecule has 2 rings (SSSR count). The first kappa shape index (κ1) is 9.51. The highest BCUT2D eigenvalue weighted by Gasteiger charge is 2.33. The van der Waals surface area contributed by atoms with Crippen molar-refractivity contribution in [3.8, 4) is 0 Å². The van der Waals surface area contributed by atoms with Crippen LogP contribution in [0.4, 0.5) is 0 Å². The minimum Gasteiger partial charge on any atom is -0.0911 e. The predicted molar refractivity (Wildman–Crippen MR) is 61.2 cm³/mol. The second-order valence-electron chi connectivity index (χ2n) is 4.38. The SMILES string of the molecule is C/C=C/C1(Cc2ccccc2)CCC1. The highest BCUT2D eigenvalue weighted by molar-refractivity contribution is 5.20. The van der Waals surface area contributed by atoms with Gasteiger partial charge in [0.2, 0.25) is 0 Å². The van der Waals surface area contributed by atoms with E-state index in [-0.39, 0.29) is 0 Å². The van der Waals surface area contributed by atoms with Gasteiger partial charge in [-0.2, -0.15) is 0 Å². The standard InChI is InChI=1S/C14H18/c1-2-9-14(10-6-11-14)12-13-7-4-3-5-8-13/h2-5,7-9H,6,10-12H2,1H3/b9-2+. The number of hydrogen-bond donors (Lipinski definition) is 0. The van der Waals surface area contributed by atoms with Crippen molar-refractivity contribution in [1.82, 2.24) is 0 Å². The van der Waals surface area contributed by atoms with Crippen molar-refractivity contribution >= 4 is 0 Å². The van der Waals surface area contributed by atoms with Gasteiger partial charge in [-0.25, -0.2) is 0 Å². The fourth-order valence-corrected chi connectivity index (χ4v) is 2.39. The molecular formula is C14H18. The van der Waals surface area contributed by atoms with Crippen LogP contribution in [0, 0.1) is 5.41 Å². The monoisotopic (exact) mass is 186 g/mol. The van der Waals surface area contributed by atoms with Crippen LogP contribution in [0.2, 0.25) is 0 Å². The van der Waals surface area contributed by atoms with Crippen LogP contribution < -0.4 is 0 Å². The summed E-state index contributed by atoms with van der Waals surface area (Å²) in [7, 11) is 0. The van der Waals surface area contributed by atoms with Gasteiger partial charge in [0.15, 0.2) is 0 Å². The molecule has 14 heavy (non-hydrogen) atoms. The molecule has 1 aliphatic rings. The molecule has 0 unspecified atom stereocenters. The van der Waals surface area contributed by atoms with E-state index in [1.165, 1.54) is 31.2 Å². The molecule has 0 heteroatoms. The lowest BCUT2D eigenvalue weighted by Crippen LogP contribution is -2.29. The lowest BCUT2D eigenvalue weighted by Gasteiger charge is -2.39. The average molecular weight is 186 g/mol. The summed E-state index contributed by atoms with van der Waals surface area (Å²) in [6.45, 7) is 2.13. The quantitative estimate of drug-likeness (QED) is 0.626. The summed E-state index contributed by atoms with van der Waals surface area (Å²) in [5.41, 5.74) is 1.97. The summed E-state index contributed by atoms with van der Waals surface area (Å²) in [5.74, 6) is 0. The maximum atomic E-state index is 2.41. The third kappa shape index (κ3) is 1.89. The molecule has 1 saturated carbocycles. The minimum absolute atomic E-state index is 0.496. The summed E-state index contributed by atoms with van der Waals surface area (Å²) in [5, 5.41) is 0. The van der Waals surface area contributed by atoms with Crippen LogP contribution in [0.3, 0.4) is 0 Å². The summed E-state index contributed by atoms with van der Waals surface area (Å²) < 4.78 is 0. The molecule has 0 aliphatic heterocycles. The molecule has 0 bridgehead atoms. The van der Waals surface area contributed by atoms with Crippen LogP contribution in [0.1, 0.15) is 31.7 Å². The zero-order chi connectivity index (χ0) is 9.86. The zero-order valence-electron chi connectivity index (χ0n) is 8.87. The van der Waals surface area contributed by atoms with Gasteiger partial charge in [0, 0.05) is 0 Å². The molecule has 1 aliphatic carbocycles.